The van der Waals surface area contributed by atoms with Crippen molar-refractivity contribution in [2.75, 3.05) is 5.32 Å². The first-order valence-corrected chi connectivity index (χ1v) is 7.34. The first-order valence-electron chi connectivity index (χ1n) is 6.57. The number of anilines is 1. The molecule has 0 spiro atoms. The normalized spacial score (nSPS) is 10.7. The van der Waals surface area contributed by atoms with Gasteiger partial charge in [-0.05, 0) is 34.8 Å². The molecule has 0 aliphatic heterocycles. The number of carboxylic acids is 1. The summed E-state index contributed by atoms with van der Waals surface area (Å²) in [6, 6.07) is 14.3. The maximum absolute atomic E-state index is 11.3. The van der Waals surface area contributed by atoms with Gasteiger partial charge in [-0.2, -0.15) is 4.37 Å². The van der Waals surface area contributed by atoms with Crippen molar-refractivity contribution in [3.05, 3.63) is 59.3 Å². The Balaban J connectivity index is 1.89. The van der Waals surface area contributed by atoms with E-state index in [2.05, 4.69) is 27.9 Å². The number of aryl methyl sites for hydroxylation is 1. The number of carbonyl (C=O) groups is 1. The number of benzene rings is 2. The fraction of sp³-hybridized carbons (Fsp3) is 0.125. The summed E-state index contributed by atoms with van der Waals surface area (Å²) in [4.78, 5) is 11.3. The van der Waals surface area contributed by atoms with Gasteiger partial charge >= 0.3 is 5.97 Å². The van der Waals surface area contributed by atoms with Crippen molar-refractivity contribution in [2.24, 2.45) is 0 Å². The molecule has 2 N–H and O–H groups in total. The van der Waals surface area contributed by atoms with Crippen LogP contribution < -0.4 is 5.32 Å². The number of aromatic carboxylic acids is 1. The Bertz CT molecular complexity index is 806. The molecule has 3 aromatic rings. The van der Waals surface area contributed by atoms with Crippen LogP contribution >= 0.6 is 11.5 Å². The van der Waals surface area contributed by atoms with Gasteiger partial charge in [0.15, 0.2) is 0 Å². The number of nitrogens with zero attached hydrogens (tertiary/aromatic N) is 1. The summed E-state index contributed by atoms with van der Waals surface area (Å²) < 4.78 is 4.11. The number of aromatic nitrogens is 1. The lowest BCUT2D eigenvalue weighted by molar-refractivity contribution is 0.0697. The summed E-state index contributed by atoms with van der Waals surface area (Å²) in [7, 11) is 0. The van der Waals surface area contributed by atoms with Crippen LogP contribution in [0, 0.1) is 6.92 Å². The molecule has 0 aliphatic rings. The molecular formula is C16H14N2O2S. The molecule has 3 rings (SSSR count). The van der Waals surface area contributed by atoms with E-state index in [1.165, 1.54) is 22.3 Å². The molecule has 0 amide bonds. The topological polar surface area (TPSA) is 62.2 Å². The van der Waals surface area contributed by atoms with Crippen molar-refractivity contribution >= 4 is 33.3 Å². The molecule has 2 aromatic carbocycles. The molecule has 1 aromatic heterocycles. The second kappa shape index (κ2) is 5.54. The zero-order valence-electron chi connectivity index (χ0n) is 11.5. The predicted octanol–water partition coefficient (Wildman–Crippen LogP) is 3.92. The van der Waals surface area contributed by atoms with Gasteiger partial charge in [0.2, 0.25) is 0 Å². The molecule has 0 fully saturated rings. The van der Waals surface area contributed by atoms with Crippen molar-refractivity contribution in [2.45, 2.75) is 13.5 Å². The molecule has 1 heterocycles. The molecule has 0 saturated carbocycles. The van der Waals surface area contributed by atoms with Crippen molar-refractivity contribution in [3.63, 3.8) is 0 Å². The number of rotatable bonds is 4. The Morgan fingerprint density at radius 1 is 1.24 bits per heavy atom. The van der Waals surface area contributed by atoms with Crippen LogP contribution in [0.15, 0.2) is 42.5 Å². The summed E-state index contributed by atoms with van der Waals surface area (Å²) in [5.41, 5.74) is 1.95. The van der Waals surface area contributed by atoms with Gasteiger partial charge in [0.05, 0.1) is 5.69 Å². The Labute approximate surface area is 126 Å². The van der Waals surface area contributed by atoms with Gasteiger partial charge in [0.1, 0.15) is 10.6 Å². The van der Waals surface area contributed by atoms with Crippen LogP contribution in [0.3, 0.4) is 0 Å². The number of fused-ring (bicyclic) bond motifs is 1. The second-order valence-electron chi connectivity index (χ2n) is 4.77. The number of nitrogens with one attached hydrogen (secondary N) is 1. The molecule has 0 bridgehead atoms. The van der Waals surface area contributed by atoms with Crippen molar-refractivity contribution in [1.29, 1.82) is 0 Å². The maximum atomic E-state index is 11.3. The molecule has 0 aliphatic carbocycles. The van der Waals surface area contributed by atoms with Gasteiger partial charge in [-0.25, -0.2) is 4.79 Å². The third-order valence-electron chi connectivity index (χ3n) is 3.40. The quantitative estimate of drug-likeness (QED) is 0.766. The summed E-state index contributed by atoms with van der Waals surface area (Å²) in [5, 5.41) is 15.4. The van der Waals surface area contributed by atoms with Gasteiger partial charge in [0, 0.05) is 6.54 Å². The van der Waals surface area contributed by atoms with E-state index in [0.29, 0.717) is 17.2 Å². The molecule has 5 heteroatoms. The highest BCUT2D eigenvalue weighted by atomic mass is 32.1. The highest BCUT2D eigenvalue weighted by Gasteiger charge is 2.17. The van der Waals surface area contributed by atoms with Gasteiger partial charge < -0.3 is 10.4 Å². The van der Waals surface area contributed by atoms with Crippen LogP contribution in [-0.4, -0.2) is 15.4 Å². The SMILES string of the molecule is Cc1nsc(NCc2cccc3ccccc23)c1C(=O)O. The van der Waals surface area contributed by atoms with E-state index >= 15 is 0 Å². The zero-order valence-corrected chi connectivity index (χ0v) is 12.3. The second-order valence-corrected chi connectivity index (χ2v) is 5.54. The predicted molar refractivity (Wildman–Crippen MR) is 85.1 cm³/mol. The lowest BCUT2D eigenvalue weighted by Crippen LogP contribution is -2.05. The highest BCUT2D eigenvalue weighted by Crippen LogP contribution is 2.26. The minimum absolute atomic E-state index is 0.264. The number of carboxylic acid groups (broad SMARTS) is 1. The highest BCUT2D eigenvalue weighted by molar-refractivity contribution is 7.10. The van der Waals surface area contributed by atoms with Crippen molar-refractivity contribution in [1.82, 2.24) is 4.37 Å². The average Bonchev–Trinajstić information content (AvgIpc) is 2.86. The van der Waals surface area contributed by atoms with E-state index in [1.54, 1.807) is 6.92 Å². The first kappa shape index (κ1) is 13.6. The van der Waals surface area contributed by atoms with E-state index < -0.39 is 5.97 Å². The van der Waals surface area contributed by atoms with Gasteiger partial charge in [0.25, 0.3) is 0 Å². The minimum Gasteiger partial charge on any atom is -0.478 e. The maximum Gasteiger partial charge on any atom is 0.340 e. The fourth-order valence-corrected chi connectivity index (χ4v) is 3.15. The Morgan fingerprint density at radius 3 is 2.81 bits per heavy atom. The molecule has 0 atom stereocenters. The third-order valence-corrected chi connectivity index (χ3v) is 4.29. The molecule has 0 unspecified atom stereocenters. The van der Waals surface area contributed by atoms with Gasteiger partial charge in [-0.15, -0.1) is 0 Å². The Morgan fingerprint density at radius 2 is 2.00 bits per heavy atom. The van der Waals surface area contributed by atoms with Crippen LogP contribution in [-0.2, 0) is 6.54 Å². The monoisotopic (exact) mass is 298 g/mol. The van der Waals surface area contributed by atoms with E-state index in [9.17, 15) is 9.90 Å². The largest absolute Gasteiger partial charge is 0.478 e. The molecule has 106 valence electrons. The van der Waals surface area contributed by atoms with Gasteiger partial charge in [-0.1, -0.05) is 42.5 Å². The lowest BCUT2D eigenvalue weighted by Gasteiger charge is -2.08. The summed E-state index contributed by atoms with van der Waals surface area (Å²) in [6.45, 7) is 2.28. The lowest BCUT2D eigenvalue weighted by atomic mass is 10.0. The summed E-state index contributed by atoms with van der Waals surface area (Å²) in [6.07, 6.45) is 0. The van der Waals surface area contributed by atoms with E-state index in [-0.39, 0.29) is 5.56 Å². The standard InChI is InChI=1S/C16H14N2O2S/c1-10-14(16(19)20)15(21-18-10)17-9-12-7-4-6-11-5-2-3-8-13(11)12/h2-8,17H,9H2,1H3,(H,19,20). The minimum atomic E-state index is -0.943. The molecule has 4 nitrogen and oxygen atoms in total. The van der Waals surface area contributed by atoms with Crippen LogP contribution in [0.4, 0.5) is 5.00 Å². The van der Waals surface area contributed by atoms with Crippen LogP contribution in [0.2, 0.25) is 0 Å². The average molecular weight is 298 g/mol. The van der Waals surface area contributed by atoms with Crippen LogP contribution in [0.1, 0.15) is 21.6 Å². The molecule has 0 saturated heterocycles. The fourth-order valence-electron chi connectivity index (χ4n) is 2.36. The van der Waals surface area contributed by atoms with Crippen LogP contribution in [0.5, 0.6) is 0 Å². The Hall–Kier alpha value is -2.40. The zero-order chi connectivity index (χ0) is 14.8. The smallest absolute Gasteiger partial charge is 0.340 e. The van der Waals surface area contributed by atoms with Crippen molar-refractivity contribution in [3.8, 4) is 0 Å². The first-order chi connectivity index (χ1) is 10.2. The third kappa shape index (κ3) is 2.60. The van der Waals surface area contributed by atoms with E-state index in [0.717, 1.165) is 5.56 Å². The van der Waals surface area contributed by atoms with Gasteiger partial charge in [-0.3, -0.25) is 0 Å². The van der Waals surface area contributed by atoms with E-state index in [1.807, 2.05) is 24.3 Å². The Kier molecular flexibility index (Phi) is 3.58. The summed E-state index contributed by atoms with van der Waals surface area (Å²) >= 11 is 1.19. The molecule has 21 heavy (non-hydrogen) atoms. The number of hydrogen-bond donors (Lipinski definition) is 2. The number of hydrogen-bond acceptors (Lipinski definition) is 4. The van der Waals surface area contributed by atoms with E-state index in [4.69, 9.17) is 0 Å². The summed E-state index contributed by atoms with van der Waals surface area (Å²) in [5.74, 6) is -0.943. The van der Waals surface area contributed by atoms with Crippen molar-refractivity contribution < 1.29 is 9.90 Å². The van der Waals surface area contributed by atoms with Crippen LogP contribution in [0.25, 0.3) is 10.8 Å². The molecule has 0 radical (unpaired) electrons. The molecular weight excluding hydrogens is 284 g/mol.